The molecule has 0 bridgehead atoms. The third-order valence-corrected chi connectivity index (χ3v) is 13.9. The van der Waals surface area contributed by atoms with Crippen molar-refractivity contribution in [2.45, 2.75) is 57.9 Å². The molecule has 4 aliphatic heterocycles. The number of hydrogen-bond acceptors (Lipinski definition) is 13. The third-order valence-electron chi connectivity index (χ3n) is 13.9. The summed E-state index contributed by atoms with van der Waals surface area (Å²) in [5.41, 5.74) is 9.53. The number of para-hydroxylation sites is 2. The molecule has 374 valence electrons. The molecule has 2 atom stereocenters. The molecule has 0 saturated heterocycles. The minimum absolute atomic E-state index is 0.000825. The van der Waals surface area contributed by atoms with Crippen LogP contribution in [0.2, 0.25) is 0 Å². The summed E-state index contributed by atoms with van der Waals surface area (Å²) in [6, 6.07) is 29.9. The summed E-state index contributed by atoms with van der Waals surface area (Å²) in [5, 5.41) is 0. The second-order valence-corrected chi connectivity index (χ2v) is 18.7. The van der Waals surface area contributed by atoms with Crippen molar-refractivity contribution in [2.24, 2.45) is 0 Å². The Morgan fingerprint density at radius 2 is 1.08 bits per heavy atom. The smallest absolute Gasteiger partial charge is 0.260 e. The van der Waals surface area contributed by atoms with Crippen LogP contribution in [0.15, 0.2) is 91.0 Å². The van der Waals surface area contributed by atoms with Crippen molar-refractivity contribution < 1.29 is 47.5 Å². The highest BCUT2D eigenvalue weighted by molar-refractivity contribution is 6.13. The number of amides is 2. The van der Waals surface area contributed by atoms with Crippen LogP contribution in [0.5, 0.6) is 23.0 Å². The number of ether oxygens (including phenoxy) is 7. The number of carbonyl (C=O) groups excluding carboxylic acids is 3. The fourth-order valence-electron chi connectivity index (χ4n) is 10.4. The van der Waals surface area contributed by atoms with Gasteiger partial charge in [0.2, 0.25) is 0 Å². The Morgan fingerprint density at radius 3 is 1.58 bits per heavy atom. The Morgan fingerprint density at radius 1 is 0.592 bits per heavy atom. The standard InChI is InChI=1S/C56H65N5O10/c1-37(62)12-11-17-59(18-19-68-22-23-69-21-20-65-4)42-25-38(35-70-53-31-49-45(29-51(53)66-5)55(63)60-43(33-57(49)2)27-40-13-7-9-15-47(40)60)24-39(26-42)36-71-54-32-50-46(30-52(54)67-6)56(64)61-44(34-58(50)3)28-41-14-8-10-16-48(41)61/h7-10,13-16,24-26,29-32,43-44H,11-12,17-23,27-28,33-36H2,1-6H3/t43-,44-/m0/s1. The van der Waals surface area contributed by atoms with Gasteiger partial charge in [-0.25, -0.2) is 0 Å². The highest BCUT2D eigenvalue weighted by atomic mass is 16.5. The van der Waals surface area contributed by atoms with Crippen LogP contribution in [0.4, 0.5) is 28.4 Å². The number of likely N-dealkylation sites (N-methyl/N-ethyl adjacent to an activating group) is 2. The molecule has 9 rings (SSSR count). The lowest BCUT2D eigenvalue weighted by Crippen LogP contribution is -2.41. The second kappa shape index (κ2) is 22.1. The molecule has 0 unspecified atom stereocenters. The molecule has 4 heterocycles. The molecule has 5 aromatic carbocycles. The summed E-state index contributed by atoms with van der Waals surface area (Å²) in [6.07, 6.45) is 2.68. The fraction of sp³-hybridized carbons (Fsp3) is 0.411. The monoisotopic (exact) mass is 967 g/mol. The Balaban J connectivity index is 1.00. The van der Waals surface area contributed by atoms with E-state index in [2.05, 4.69) is 45.0 Å². The van der Waals surface area contributed by atoms with Gasteiger partial charge in [0.05, 0.1) is 81.8 Å². The zero-order chi connectivity index (χ0) is 49.6. The molecular formula is C56H65N5O10. The summed E-state index contributed by atoms with van der Waals surface area (Å²) in [6.45, 7) is 6.77. The molecule has 15 nitrogen and oxygen atoms in total. The number of methoxy groups -OCH3 is 3. The van der Waals surface area contributed by atoms with Gasteiger partial charge in [-0.1, -0.05) is 36.4 Å². The summed E-state index contributed by atoms with van der Waals surface area (Å²) in [4.78, 5) is 51.1. The maximum Gasteiger partial charge on any atom is 0.260 e. The lowest BCUT2D eigenvalue weighted by Gasteiger charge is -2.26. The molecule has 0 spiro atoms. The number of benzene rings is 5. The first-order valence-corrected chi connectivity index (χ1v) is 24.5. The van der Waals surface area contributed by atoms with E-state index in [1.54, 1.807) is 40.4 Å². The number of fused-ring (bicyclic) bond motifs is 8. The molecule has 71 heavy (non-hydrogen) atoms. The zero-order valence-corrected chi connectivity index (χ0v) is 41.7. The largest absolute Gasteiger partial charge is 0.493 e. The van der Waals surface area contributed by atoms with Gasteiger partial charge >= 0.3 is 0 Å². The Bertz CT molecular complexity index is 2590. The number of rotatable bonds is 22. The van der Waals surface area contributed by atoms with Crippen LogP contribution < -0.4 is 43.4 Å². The Hall–Kier alpha value is -6.81. The van der Waals surface area contributed by atoms with E-state index in [4.69, 9.17) is 33.2 Å². The second-order valence-electron chi connectivity index (χ2n) is 18.7. The SMILES string of the molecule is COCCOCCOCCN(CCCC(C)=O)c1cc(COc2cc3c(cc2OC)C(=O)N2c4ccccc4C[C@H]2CN3C)cc(COc2cc3c(cc2OC)C(=O)N2c4ccccc4C[C@H]2CN3C)c1. The van der Waals surface area contributed by atoms with Gasteiger partial charge in [0.1, 0.15) is 19.0 Å². The van der Waals surface area contributed by atoms with E-state index in [0.717, 1.165) is 52.4 Å². The quantitative estimate of drug-likeness (QED) is 0.0627. The number of hydrogen-bond donors (Lipinski definition) is 0. The van der Waals surface area contributed by atoms with Crippen molar-refractivity contribution in [1.82, 2.24) is 0 Å². The first-order valence-electron chi connectivity index (χ1n) is 24.5. The van der Waals surface area contributed by atoms with E-state index in [0.29, 0.717) is 106 Å². The minimum atomic E-state index is -0.0653. The first-order chi connectivity index (χ1) is 34.5. The third kappa shape index (κ3) is 10.6. The summed E-state index contributed by atoms with van der Waals surface area (Å²) in [5.74, 6) is 1.92. The van der Waals surface area contributed by atoms with Crippen LogP contribution in [-0.2, 0) is 45.1 Å². The number of carbonyl (C=O) groups is 3. The van der Waals surface area contributed by atoms with Gasteiger partial charge in [0.25, 0.3) is 11.8 Å². The van der Waals surface area contributed by atoms with Crippen molar-refractivity contribution in [1.29, 1.82) is 0 Å². The van der Waals surface area contributed by atoms with Gasteiger partial charge in [0, 0.05) is 83.0 Å². The molecule has 5 aromatic rings. The van der Waals surface area contributed by atoms with Gasteiger partial charge in [-0.2, -0.15) is 0 Å². The maximum atomic E-state index is 14.3. The normalized spacial score (nSPS) is 16.6. The Labute approximate surface area is 416 Å². The van der Waals surface area contributed by atoms with Crippen LogP contribution >= 0.6 is 0 Å². The Kier molecular flexibility index (Phi) is 15.3. The molecule has 0 aromatic heterocycles. The van der Waals surface area contributed by atoms with E-state index >= 15 is 0 Å². The molecule has 0 fully saturated rings. The predicted octanol–water partition coefficient (Wildman–Crippen LogP) is 7.76. The van der Waals surface area contributed by atoms with Gasteiger partial charge < -0.3 is 62.5 Å². The summed E-state index contributed by atoms with van der Waals surface area (Å²) >= 11 is 0. The molecule has 0 N–H and O–H groups in total. The van der Waals surface area contributed by atoms with Crippen LogP contribution in [0.1, 0.15) is 62.7 Å². The molecule has 0 radical (unpaired) electrons. The van der Waals surface area contributed by atoms with Gasteiger partial charge in [0.15, 0.2) is 23.0 Å². The highest BCUT2D eigenvalue weighted by Crippen LogP contribution is 2.44. The lowest BCUT2D eigenvalue weighted by atomic mass is 10.1. The van der Waals surface area contributed by atoms with Crippen LogP contribution in [0, 0.1) is 0 Å². The number of nitrogens with zero attached hydrogens (tertiary/aromatic N) is 5. The number of Topliss-reactive ketones (excluding diaryl/α,β-unsaturated/α-hetero) is 1. The van der Waals surface area contributed by atoms with Gasteiger partial charge in [-0.3, -0.25) is 9.59 Å². The fourth-order valence-corrected chi connectivity index (χ4v) is 10.4. The molecular weight excluding hydrogens is 903 g/mol. The molecule has 4 aliphatic rings. The molecule has 0 saturated carbocycles. The van der Waals surface area contributed by atoms with Crippen LogP contribution in [-0.4, -0.2) is 124 Å². The van der Waals surface area contributed by atoms with E-state index in [1.165, 1.54) is 11.1 Å². The first kappa shape index (κ1) is 49.2. The summed E-state index contributed by atoms with van der Waals surface area (Å²) < 4.78 is 41.9. The van der Waals surface area contributed by atoms with Crippen molar-refractivity contribution in [3.05, 3.63) is 124 Å². The summed E-state index contributed by atoms with van der Waals surface area (Å²) in [7, 11) is 8.84. The van der Waals surface area contributed by atoms with Crippen molar-refractivity contribution in [3.63, 3.8) is 0 Å². The average molecular weight is 968 g/mol. The molecule has 0 aliphatic carbocycles. The highest BCUT2D eigenvalue weighted by Gasteiger charge is 2.41. The predicted molar refractivity (Wildman–Crippen MR) is 275 cm³/mol. The van der Waals surface area contributed by atoms with Crippen molar-refractivity contribution in [3.8, 4) is 23.0 Å². The van der Waals surface area contributed by atoms with E-state index in [9.17, 15) is 14.4 Å². The average Bonchev–Trinajstić information content (AvgIpc) is 3.88. The molecule has 15 heteroatoms. The number of ketones is 1. The molecule has 2 amide bonds. The van der Waals surface area contributed by atoms with E-state index in [-0.39, 0.29) is 42.9 Å². The van der Waals surface area contributed by atoms with Gasteiger partial charge in [-0.05, 0) is 90.9 Å². The van der Waals surface area contributed by atoms with E-state index in [1.807, 2.05) is 72.4 Å². The minimum Gasteiger partial charge on any atom is -0.493 e. The zero-order valence-electron chi connectivity index (χ0n) is 41.7. The van der Waals surface area contributed by atoms with Crippen molar-refractivity contribution >= 4 is 46.0 Å². The van der Waals surface area contributed by atoms with Crippen LogP contribution in [0.25, 0.3) is 0 Å². The van der Waals surface area contributed by atoms with Crippen LogP contribution in [0.3, 0.4) is 0 Å². The number of anilines is 5. The topological polar surface area (TPSA) is 132 Å². The maximum absolute atomic E-state index is 14.3. The van der Waals surface area contributed by atoms with Gasteiger partial charge in [-0.15, -0.1) is 0 Å². The lowest BCUT2D eigenvalue weighted by molar-refractivity contribution is -0.117. The van der Waals surface area contributed by atoms with Crippen molar-refractivity contribution in [2.75, 3.05) is 119 Å². The van der Waals surface area contributed by atoms with E-state index < -0.39 is 0 Å².